The van der Waals surface area contributed by atoms with Crippen LogP contribution in [0.2, 0.25) is 0 Å². The second kappa shape index (κ2) is 18.6. The van der Waals surface area contributed by atoms with Crippen LogP contribution in [0.3, 0.4) is 0 Å². The van der Waals surface area contributed by atoms with E-state index in [0.717, 1.165) is 19.3 Å². The van der Waals surface area contributed by atoms with Crippen LogP contribution in [0.5, 0.6) is 17.2 Å². The lowest BCUT2D eigenvalue weighted by Gasteiger charge is -2.33. The molecular formula is C42H69O6P. The van der Waals surface area contributed by atoms with Crippen LogP contribution < -0.4 is 0 Å². The largest absolute Gasteiger partial charge is 0.508 e. The highest BCUT2D eigenvalue weighted by atomic mass is 31.2. The molecule has 0 atom stereocenters. The third kappa shape index (κ3) is 21.3. The molecule has 0 heterocycles. The van der Waals surface area contributed by atoms with E-state index in [2.05, 4.69) is 104 Å². The first kappa shape index (κ1) is 46.4. The predicted molar refractivity (Wildman–Crippen MR) is 209 cm³/mol. The van der Waals surface area contributed by atoms with Crippen LogP contribution in [0.4, 0.5) is 0 Å². The summed E-state index contributed by atoms with van der Waals surface area (Å²) >= 11 is 0. The van der Waals surface area contributed by atoms with Gasteiger partial charge >= 0.3 is 8.60 Å². The standard InChI is InChI=1S/3C14H22O.H3O3P/c3*1-13(2,3)10-14(4,5)11-6-8-12(15)9-7-11;1-4(2)3/h3*6-9,15H,10H2,1-5H3;1-3H. The third-order valence-corrected chi connectivity index (χ3v) is 7.86. The monoisotopic (exact) mass is 700 g/mol. The molecule has 3 aromatic carbocycles. The van der Waals surface area contributed by atoms with Crippen molar-refractivity contribution in [3.05, 3.63) is 89.5 Å². The SMILES string of the molecule is CC(C)(C)CC(C)(C)c1ccc(O)cc1.CC(C)(C)CC(C)(C)c1ccc(O)cc1.CC(C)(C)CC(C)(C)c1ccc(O)cc1.OP(O)O. The second-order valence-electron chi connectivity index (χ2n) is 18.8. The molecule has 0 saturated heterocycles. The van der Waals surface area contributed by atoms with E-state index in [1.54, 1.807) is 36.4 Å². The number of phenols is 3. The molecule has 0 aromatic heterocycles. The first-order chi connectivity index (χ1) is 21.9. The van der Waals surface area contributed by atoms with Crippen LogP contribution in [-0.2, 0) is 16.2 Å². The molecule has 0 aliphatic rings. The van der Waals surface area contributed by atoms with Gasteiger partial charge in [-0.2, -0.15) is 0 Å². The van der Waals surface area contributed by atoms with Crippen LogP contribution in [0.25, 0.3) is 0 Å². The Balaban J connectivity index is 0.000000667. The van der Waals surface area contributed by atoms with E-state index in [1.165, 1.54) is 16.7 Å². The summed E-state index contributed by atoms with van der Waals surface area (Å²) in [6.45, 7) is 33.9. The van der Waals surface area contributed by atoms with E-state index in [1.807, 2.05) is 36.4 Å². The zero-order chi connectivity index (χ0) is 38.6. The van der Waals surface area contributed by atoms with Crippen LogP contribution in [0.15, 0.2) is 72.8 Å². The van der Waals surface area contributed by atoms with Crippen molar-refractivity contribution >= 4 is 8.60 Å². The molecule has 0 bridgehead atoms. The summed E-state index contributed by atoms with van der Waals surface area (Å²) in [6, 6.07) is 22.7. The molecule has 49 heavy (non-hydrogen) atoms. The van der Waals surface area contributed by atoms with Gasteiger partial charge in [0.1, 0.15) is 17.2 Å². The van der Waals surface area contributed by atoms with Gasteiger partial charge < -0.3 is 30.0 Å². The van der Waals surface area contributed by atoms with E-state index in [4.69, 9.17) is 14.7 Å². The Hall–Kier alpha value is -2.63. The Morgan fingerprint density at radius 3 is 0.612 bits per heavy atom. The first-order valence-electron chi connectivity index (χ1n) is 17.1. The van der Waals surface area contributed by atoms with Crippen molar-refractivity contribution in [3.8, 4) is 17.2 Å². The Morgan fingerprint density at radius 1 is 0.347 bits per heavy atom. The number of hydrogen-bond donors (Lipinski definition) is 6. The quantitative estimate of drug-likeness (QED) is 0.142. The molecule has 0 unspecified atom stereocenters. The normalized spacial score (nSPS) is 12.6. The number of hydrogen-bond acceptors (Lipinski definition) is 6. The molecule has 7 heteroatoms. The summed E-state index contributed by atoms with van der Waals surface area (Å²) in [7, 11) is -2.62. The highest BCUT2D eigenvalue weighted by Crippen LogP contribution is 2.38. The van der Waals surface area contributed by atoms with Gasteiger partial charge in [-0.1, -0.05) is 140 Å². The maximum absolute atomic E-state index is 9.25. The van der Waals surface area contributed by atoms with E-state index in [-0.39, 0.29) is 16.2 Å². The Morgan fingerprint density at radius 2 is 0.490 bits per heavy atom. The molecule has 3 aromatic rings. The van der Waals surface area contributed by atoms with Gasteiger partial charge in [-0.25, -0.2) is 0 Å². The lowest BCUT2D eigenvalue weighted by atomic mass is 9.72. The van der Waals surface area contributed by atoms with Crippen molar-refractivity contribution in [2.75, 3.05) is 0 Å². The lowest BCUT2D eigenvalue weighted by molar-refractivity contribution is 0.283. The Kier molecular flexibility index (Phi) is 17.6. The molecule has 6 N–H and O–H groups in total. The summed E-state index contributed by atoms with van der Waals surface area (Å²) in [5.41, 5.74) is 5.30. The van der Waals surface area contributed by atoms with Gasteiger partial charge in [0, 0.05) is 0 Å². The van der Waals surface area contributed by atoms with Gasteiger partial charge in [-0.3, -0.25) is 0 Å². The van der Waals surface area contributed by atoms with Gasteiger partial charge in [0.25, 0.3) is 0 Å². The molecule has 0 aliphatic carbocycles. The van der Waals surface area contributed by atoms with Crippen LogP contribution in [-0.4, -0.2) is 30.0 Å². The van der Waals surface area contributed by atoms with Crippen molar-refractivity contribution in [2.45, 2.75) is 139 Å². The topological polar surface area (TPSA) is 121 Å². The van der Waals surface area contributed by atoms with Crippen LogP contribution >= 0.6 is 8.60 Å². The average Bonchev–Trinajstić information content (AvgIpc) is 2.86. The Labute approximate surface area is 300 Å². The van der Waals surface area contributed by atoms with Gasteiger partial charge in [0.2, 0.25) is 0 Å². The predicted octanol–water partition coefficient (Wildman–Crippen LogP) is 11.5. The Bertz CT molecular complexity index is 1170. The zero-order valence-corrected chi connectivity index (χ0v) is 34.1. The van der Waals surface area contributed by atoms with Gasteiger partial charge in [0.15, 0.2) is 0 Å². The number of phenolic OH excluding ortho intramolecular Hbond substituents is 3. The fraction of sp³-hybridized carbons (Fsp3) is 0.571. The summed E-state index contributed by atoms with van der Waals surface area (Å²) in [5, 5.41) is 27.8. The maximum Gasteiger partial charge on any atom is 0.324 e. The fourth-order valence-corrected chi connectivity index (χ4v) is 7.02. The molecule has 3 rings (SSSR count). The first-order valence-corrected chi connectivity index (χ1v) is 18.3. The van der Waals surface area contributed by atoms with Gasteiger partial charge in [0.05, 0.1) is 0 Å². The molecule has 6 nitrogen and oxygen atoms in total. The molecule has 0 spiro atoms. The van der Waals surface area contributed by atoms with Crippen molar-refractivity contribution < 1.29 is 30.0 Å². The second-order valence-corrected chi connectivity index (χ2v) is 19.3. The molecule has 0 saturated carbocycles. The smallest absolute Gasteiger partial charge is 0.324 e. The molecule has 0 fully saturated rings. The van der Waals surface area contributed by atoms with E-state index in [9.17, 15) is 15.3 Å². The van der Waals surface area contributed by atoms with Gasteiger partial charge in [-0.05, 0) is 105 Å². The van der Waals surface area contributed by atoms with E-state index < -0.39 is 8.60 Å². The fourth-order valence-electron chi connectivity index (χ4n) is 7.02. The molecule has 0 radical (unpaired) electrons. The summed E-state index contributed by atoms with van der Waals surface area (Å²) in [5.74, 6) is 1.01. The van der Waals surface area contributed by atoms with Crippen LogP contribution in [0.1, 0.15) is 140 Å². The maximum atomic E-state index is 9.25. The minimum atomic E-state index is -2.62. The van der Waals surface area contributed by atoms with Crippen molar-refractivity contribution in [3.63, 3.8) is 0 Å². The molecule has 0 amide bonds. The minimum Gasteiger partial charge on any atom is -0.508 e. The lowest BCUT2D eigenvalue weighted by Crippen LogP contribution is -2.24. The van der Waals surface area contributed by atoms with E-state index in [0.29, 0.717) is 33.5 Å². The van der Waals surface area contributed by atoms with Crippen molar-refractivity contribution in [1.29, 1.82) is 0 Å². The summed E-state index contributed by atoms with van der Waals surface area (Å²) in [6.07, 6.45) is 3.39. The van der Waals surface area contributed by atoms with E-state index >= 15 is 0 Å². The minimum absolute atomic E-state index is 0.159. The van der Waals surface area contributed by atoms with Gasteiger partial charge in [-0.15, -0.1) is 0 Å². The molecule has 278 valence electrons. The highest BCUT2D eigenvalue weighted by molar-refractivity contribution is 7.38. The number of aromatic hydroxyl groups is 3. The third-order valence-electron chi connectivity index (χ3n) is 7.86. The average molecular weight is 701 g/mol. The summed E-state index contributed by atoms with van der Waals surface area (Å²) < 4.78 is 0. The van der Waals surface area contributed by atoms with Crippen LogP contribution in [0, 0.1) is 16.2 Å². The number of rotatable bonds is 6. The van der Waals surface area contributed by atoms with Crippen molar-refractivity contribution in [2.24, 2.45) is 16.2 Å². The number of benzene rings is 3. The molecular weight excluding hydrogens is 631 g/mol. The zero-order valence-electron chi connectivity index (χ0n) is 33.2. The van der Waals surface area contributed by atoms with Crippen molar-refractivity contribution in [1.82, 2.24) is 0 Å². The highest BCUT2D eigenvalue weighted by Gasteiger charge is 2.29. The molecule has 0 aliphatic heterocycles. The summed E-state index contributed by atoms with van der Waals surface area (Å²) in [4.78, 5) is 21.7.